The summed E-state index contributed by atoms with van der Waals surface area (Å²) in [5.41, 5.74) is 1.36. The normalized spacial score (nSPS) is 18.1. The number of ether oxygens (including phenoxy) is 2. The maximum Gasteiger partial charge on any atom is 0.231 e. The molecule has 1 saturated heterocycles. The van der Waals surface area contributed by atoms with Crippen LogP contribution < -0.4 is 19.7 Å². The van der Waals surface area contributed by atoms with Gasteiger partial charge < -0.3 is 19.7 Å². The van der Waals surface area contributed by atoms with Crippen LogP contribution in [-0.2, 0) is 16.1 Å². The van der Waals surface area contributed by atoms with Gasteiger partial charge in [-0.3, -0.25) is 9.59 Å². The molecule has 27 heavy (non-hydrogen) atoms. The molecule has 0 bridgehead atoms. The molecular weight excluding hydrogens is 375 g/mol. The number of halogens is 2. The summed E-state index contributed by atoms with van der Waals surface area (Å²) in [7, 11) is 0. The number of amides is 2. The third-order valence-electron chi connectivity index (χ3n) is 4.61. The quantitative estimate of drug-likeness (QED) is 0.871. The van der Waals surface area contributed by atoms with Crippen molar-refractivity contribution >= 4 is 29.1 Å². The summed E-state index contributed by atoms with van der Waals surface area (Å²) < 4.78 is 23.9. The van der Waals surface area contributed by atoms with E-state index in [1.165, 1.54) is 23.1 Å². The molecule has 140 valence electrons. The molecule has 6 nitrogen and oxygen atoms in total. The summed E-state index contributed by atoms with van der Waals surface area (Å²) in [6.45, 7) is 0.745. The molecular formula is C19H16ClFN2O4. The highest BCUT2D eigenvalue weighted by Gasteiger charge is 2.35. The fourth-order valence-electron chi connectivity index (χ4n) is 3.17. The van der Waals surface area contributed by atoms with Crippen molar-refractivity contribution in [3.05, 3.63) is 52.8 Å². The van der Waals surface area contributed by atoms with Crippen molar-refractivity contribution in [1.29, 1.82) is 0 Å². The Morgan fingerprint density at radius 2 is 2.04 bits per heavy atom. The number of fused-ring (bicyclic) bond motifs is 1. The lowest BCUT2D eigenvalue weighted by Crippen LogP contribution is -2.32. The van der Waals surface area contributed by atoms with Gasteiger partial charge in [0, 0.05) is 25.2 Å². The van der Waals surface area contributed by atoms with Gasteiger partial charge >= 0.3 is 0 Å². The second-order valence-electron chi connectivity index (χ2n) is 6.41. The summed E-state index contributed by atoms with van der Waals surface area (Å²) in [6, 6.07) is 9.53. The first-order chi connectivity index (χ1) is 13.0. The van der Waals surface area contributed by atoms with Crippen LogP contribution in [-0.4, -0.2) is 25.2 Å². The predicted molar refractivity (Wildman–Crippen MR) is 96.3 cm³/mol. The van der Waals surface area contributed by atoms with E-state index in [9.17, 15) is 14.0 Å². The number of carbonyl (C=O) groups excluding carboxylic acids is 2. The molecule has 0 spiro atoms. The molecule has 0 aliphatic carbocycles. The third-order valence-corrected chi connectivity index (χ3v) is 4.90. The van der Waals surface area contributed by atoms with Crippen molar-refractivity contribution in [2.75, 3.05) is 18.2 Å². The standard InChI is InChI=1S/C19H16ClFN2O4/c20-14-7-13(2-3-15(14)21)23-9-12(6-18(23)24)19(25)22-8-11-1-4-16-17(5-11)27-10-26-16/h1-5,7,12H,6,8-10H2,(H,22,25). The summed E-state index contributed by atoms with van der Waals surface area (Å²) in [6.07, 6.45) is 0.0992. The van der Waals surface area contributed by atoms with Gasteiger partial charge in [0.1, 0.15) is 5.82 Å². The van der Waals surface area contributed by atoms with Gasteiger partial charge in [0.25, 0.3) is 0 Å². The SMILES string of the molecule is O=C(NCc1ccc2c(c1)OCO2)C1CC(=O)N(c2ccc(F)c(Cl)c2)C1. The van der Waals surface area contributed by atoms with E-state index in [1.54, 1.807) is 6.07 Å². The molecule has 2 aromatic rings. The van der Waals surface area contributed by atoms with Crippen LogP contribution in [0.3, 0.4) is 0 Å². The zero-order valence-corrected chi connectivity index (χ0v) is 15.0. The number of anilines is 1. The molecule has 0 saturated carbocycles. The van der Waals surface area contributed by atoms with Gasteiger partial charge in [-0.15, -0.1) is 0 Å². The van der Waals surface area contributed by atoms with E-state index in [0.717, 1.165) is 5.56 Å². The molecule has 2 aromatic carbocycles. The third kappa shape index (κ3) is 3.55. The van der Waals surface area contributed by atoms with Gasteiger partial charge in [0.15, 0.2) is 11.5 Å². The van der Waals surface area contributed by atoms with Crippen molar-refractivity contribution in [3.63, 3.8) is 0 Å². The lowest BCUT2D eigenvalue weighted by Gasteiger charge is -2.17. The highest BCUT2D eigenvalue weighted by atomic mass is 35.5. The van der Waals surface area contributed by atoms with E-state index < -0.39 is 11.7 Å². The topological polar surface area (TPSA) is 67.9 Å². The van der Waals surface area contributed by atoms with Crippen molar-refractivity contribution in [2.45, 2.75) is 13.0 Å². The Bertz CT molecular complexity index is 921. The van der Waals surface area contributed by atoms with Crippen molar-refractivity contribution in [3.8, 4) is 11.5 Å². The number of hydrogen-bond acceptors (Lipinski definition) is 4. The average molecular weight is 391 g/mol. The van der Waals surface area contributed by atoms with Gasteiger partial charge in [-0.2, -0.15) is 0 Å². The Kier molecular flexibility index (Phi) is 4.61. The molecule has 1 fully saturated rings. The van der Waals surface area contributed by atoms with E-state index in [2.05, 4.69) is 5.32 Å². The fourth-order valence-corrected chi connectivity index (χ4v) is 3.34. The Morgan fingerprint density at radius 3 is 2.85 bits per heavy atom. The molecule has 1 N–H and O–H groups in total. The zero-order chi connectivity index (χ0) is 19.0. The van der Waals surface area contributed by atoms with Gasteiger partial charge in [-0.05, 0) is 35.9 Å². The van der Waals surface area contributed by atoms with E-state index in [0.29, 0.717) is 23.7 Å². The summed E-state index contributed by atoms with van der Waals surface area (Å²) >= 11 is 5.79. The summed E-state index contributed by atoms with van der Waals surface area (Å²) in [5, 5.41) is 2.79. The Morgan fingerprint density at radius 1 is 1.22 bits per heavy atom. The number of carbonyl (C=O) groups is 2. The molecule has 2 aliphatic heterocycles. The van der Waals surface area contributed by atoms with Crippen molar-refractivity contribution in [2.24, 2.45) is 5.92 Å². The van der Waals surface area contributed by atoms with Crippen LogP contribution in [0.1, 0.15) is 12.0 Å². The lowest BCUT2D eigenvalue weighted by molar-refractivity contribution is -0.126. The summed E-state index contributed by atoms with van der Waals surface area (Å²) in [5.74, 6) is -0.102. The minimum absolute atomic E-state index is 0.0593. The second-order valence-corrected chi connectivity index (χ2v) is 6.82. The van der Waals surface area contributed by atoms with Crippen LogP contribution in [0, 0.1) is 11.7 Å². The Hall–Kier alpha value is -2.80. The minimum atomic E-state index is -0.551. The Labute approximate surface area is 159 Å². The first kappa shape index (κ1) is 17.6. The smallest absolute Gasteiger partial charge is 0.231 e. The predicted octanol–water partition coefficient (Wildman–Crippen LogP) is 2.88. The Balaban J connectivity index is 1.38. The fraction of sp³-hybridized carbons (Fsp3) is 0.263. The molecule has 8 heteroatoms. The van der Waals surface area contributed by atoms with Crippen LogP contribution in [0.4, 0.5) is 10.1 Å². The van der Waals surface area contributed by atoms with Gasteiger partial charge in [0.2, 0.25) is 18.6 Å². The van der Waals surface area contributed by atoms with Gasteiger partial charge in [-0.1, -0.05) is 17.7 Å². The largest absolute Gasteiger partial charge is 0.454 e. The highest BCUT2D eigenvalue weighted by Crippen LogP contribution is 2.32. The maximum absolute atomic E-state index is 13.3. The van der Waals surface area contributed by atoms with Crippen LogP contribution in [0.2, 0.25) is 5.02 Å². The molecule has 2 aliphatic rings. The van der Waals surface area contributed by atoms with Crippen LogP contribution >= 0.6 is 11.6 Å². The maximum atomic E-state index is 13.3. The van der Waals surface area contributed by atoms with E-state index in [1.807, 2.05) is 12.1 Å². The molecule has 4 rings (SSSR count). The number of hydrogen-bond donors (Lipinski definition) is 1. The van der Waals surface area contributed by atoms with E-state index in [4.69, 9.17) is 21.1 Å². The monoisotopic (exact) mass is 390 g/mol. The summed E-state index contributed by atoms with van der Waals surface area (Å²) in [4.78, 5) is 26.2. The molecule has 1 unspecified atom stereocenters. The number of rotatable bonds is 4. The van der Waals surface area contributed by atoms with Gasteiger partial charge in [0.05, 0.1) is 10.9 Å². The molecule has 0 aromatic heterocycles. The molecule has 2 heterocycles. The molecule has 2 amide bonds. The second kappa shape index (κ2) is 7.08. The van der Waals surface area contributed by atoms with Gasteiger partial charge in [-0.25, -0.2) is 4.39 Å². The van der Waals surface area contributed by atoms with Crippen molar-refractivity contribution in [1.82, 2.24) is 5.32 Å². The first-order valence-electron chi connectivity index (χ1n) is 8.43. The van der Waals surface area contributed by atoms with E-state index in [-0.39, 0.29) is 36.6 Å². The average Bonchev–Trinajstić information content (AvgIpc) is 3.28. The van der Waals surface area contributed by atoms with E-state index >= 15 is 0 Å². The molecule has 1 atom stereocenters. The number of benzene rings is 2. The highest BCUT2D eigenvalue weighted by molar-refractivity contribution is 6.31. The zero-order valence-electron chi connectivity index (χ0n) is 14.2. The minimum Gasteiger partial charge on any atom is -0.454 e. The lowest BCUT2D eigenvalue weighted by atomic mass is 10.1. The number of nitrogens with zero attached hydrogens (tertiary/aromatic N) is 1. The van der Waals surface area contributed by atoms with Crippen LogP contribution in [0.5, 0.6) is 11.5 Å². The van der Waals surface area contributed by atoms with Crippen molar-refractivity contribution < 1.29 is 23.5 Å². The van der Waals surface area contributed by atoms with Crippen LogP contribution in [0.15, 0.2) is 36.4 Å². The molecule has 0 radical (unpaired) electrons. The van der Waals surface area contributed by atoms with Crippen LogP contribution in [0.25, 0.3) is 0 Å². The number of nitrogens with one attached hydrogen (secondary N) is 1. The first-order valence-corrected chi connectivity index (χ1v) is 8.81.